The van der Waals surface area contributed by atoms with E-state index in [0.29, 0.717) is 64.7 Å². The van der Waals surface area contributed by atoms with Crippen molar-refractivity contribution < 1.29 is 114 Å². The minimum Gasteiger partial charge on any atom is -0.462 e. The van der Waals surface area contributed by atoms with Gasteiger partial charge in [0.05, 0.1) is 72.1 Å². The van der Waals surface area contributed by atoms with E-state index >= 15 is 0 Å². The van der Waals surface area contributed by atoms with Crippen LogP contribution in [0.15, 0.2) is 0 Å². The molecule has 9 rings (SSSR count). The van der Waals surface area contributed by atoms with Gasteiger partial charge in [-0.25, -0.2) is 0 Å². The van der Waals surface area contributed by atoms with Gasteiger partial charge in [0.25, 0.3) is 0 Å². The largest absolute Gasteiger partial charge is 0.462 e. The number of hydrogen-bond donors (Lipinski definition) is 0. The van der Waals surface area contributed by atoms with Crippen molar-refractivity contribution in [1.82, 2.24) is 0 Å². The molecule has 9 fully saturated rings. The summed E-state index contributed by atoms with van der Waals surface area (Å²) in [7, 11) is 0. The molecule has 0 aromatic heterocycles. The molecule has 14 atom stereocenters. The van der Waals surface area contributed by atoms with Gasteiger partial charge >= 0.3 is 35.8 Å². The van der Waals surface area contributed by atoms with Crippen LogP contribution in [0.4, 0.5) is 0 Å². The van der Waals surface area contributed by atoms with E-state index < -0.39 is 67.2 Å². The molecule has 0 amide bonds. The lowest BCUT2D eigenvalue weighted by atomic mass is 9.83. The van der Waals surface area contributed by atoms with Crippen LogP contribution in [0.5, 0.6) is 0 Å². The number of ether oxygens (including phenoxy) is 18. The standard InChI is InChI=1S/C18H30O4.C17H30O4.C16H30O4.2C14H26O4.C13H24O4/c1-5-17(2,3)16(19)20-10-14-11-21-18(4,22-14)15-9-12-6-7-13(15)8-12;1-5-16(2,3)15(18)19-11-14-12-20-17(4,21-14)13-9-7-6-8-10-13;1-6-8-9-10-16(5)19-12-13(20-16)11-18-14(17)15(3,4)7-2;1-7-13(4,5)12(15)16-8-11-9-17-14(6,18-11)10(2)3;1-6-13(4,5)12(15)16-9-11-10-17-14(7-2,8-3)18-11;1-6-12(3,4)11(14)15-8-10-9-16-13(5,7-2)17-10/h12-15H,5-11H2,1-4H3;13-14H,5-12H2,1-4H3;13H,6-12H2,1-5H3;10-11H,7-9H2,1-6H3;11H,6-10H2,1-5H3;10H,6-9H2,1-5H3. The third-order valence-electron chi connectivity index (χ3n) is 26.5. The van der Waals surface area contributed by atoms with E-state index in [0.717, 1.165) is 82.5 Å². The molecular weight excluding hydrogens is 1490 g/mol. The van der Waals surface area contributed by atoms with Crippen LogP contribution in [-0.4, -0.2) is 186 Å². The second kappa shape index (κ2) is 46.2. The minimum absolute atomic E-state index is 0.124. The first-order valence-corrected chi connectivity index (χ1v) is 44.9. The zero-order valence-corrected chi connectivity index (χ0v) is 78.2. The van der Waals surface area contributed by atoms with Gasteiger partial charge in [-0.3, -0.25) is 28.8 Å². The van der Waals surface area contributed by atoms with Gasteiger partial charge in [0.1, 0.15) is 76.3 Å². The van der Waals surface area contributed by atoms with Crippen molar-refractivity contribution in [3.8, 4) is 0 Å². The Morgan fingerprint density at radius 2 is 0.690 bits per heavy atom. The number of unbranched alkanes of at least 4 members (excludes halogenated alkanes) is 2. The SMILES string of the molecule is CCC(C)(C)C(=O)OCC1COC(C)(C(C)C)O1.CCC(C)(C)C(=O)OCC1COC(C)(C2CC3CCC2C3)O1.CCC(C)(C)C(=O)OCC1COC(C)(C2CCCCC2)O1.CCC1(C)OCC(COC(=O)C(C)(C)CC)O1.CCC1(CC)OCC(COC(=O)C(C)(C)CC)O1.CCCCCC1(C)OCC(COC(=O)C(C)(C)CC)O1. The van der Waals surface area contributed by atoms with Crippen LogP contribution in [0.1, 0.15) is 342 Å². The Morgan fingerprint density at radius 3 is 1.02 bits per heavy atom. The summed E-state index contributed by atoms with van der Waals surface area (Å²) < 4.78 is 102. The Hall–Kier alpha value is -3.66. The summed E-state index contributed by atoms with van der Waals surface area (Å²) in [6.07, 6.45) is 22.0. The molecule has 9 aliphatic rings. The maximum absolute atomic E-state index is 12.1. The smallest absolute Gasteiger partial charge is 0.311 e. The molecule has 678 valence electrons. The van der Waals surface area contributed by atoms with Crippen LogP contribution >= 0.6 is 0 Å². The van der Waals surface area contributed by atoms with Crippen LogP contribution in [0.25, 0.3) is 0 Å². The lowest BCUT2D eigenvalue weighted by Crippen LogP contribution is -2.40. The van der Waals surface area contributed by atoms with Gasteiger partial charge in [0, 0.05) is 24.2 Å². The Labute approximate surface area is 701 Å². The van der Waals surface area contributed by atoms with Gasteiger partial charge in [0.15, 0.2) is 34.7 Å². The van der Waals surface area contributed by atoms with E-state index in [2.05, 4.69) is 27.7 Å². The van der Waals surface area contributed by atoms with Crippen LogP contribution in [0.2, 0.25) is 0 Å². The van der Waals surface area contributed by atoms with Crippen LogP contribution in [-0.2, 0) is 114 Å². The van der Waals surface area contributed by atoms with Crippen LogP contribution in [0.3, 0.4) is 0 Å². The van der Waals surface area contributed by atoms with Crippen molar-refractivity contribution in [2.24, 2.45) is 62.1 Å². The molecule has 3 saturated carbocycles. The maximum atomic E-state index is 12.1. The zero-order chi connectivity index (χ0) is 87.6. The number of carbonyl (C=O) groups is 6. The number of esters is 6. The highest BCUT2D eigenvalue weighted by Crippen LogP contribution is 2.55. The molecule has 2 bridgehead atoms. The number of rotatable bonds is 34. The first-order chi connectivity index (χ1) is 54.0. The third-order valence-corrected chi connectivity index (χ3v) is 26.5. The molecule has 6 heterocycles. The van der Waals surface area contributed by atoms with E-state index in [1.54, 1.807) is 0 Å². The van der Waals surface area contributed by atoms with Gasteiger partial charge in [-0.05, 0) is 226 Å². The molecular formula is C92H166O24. The molecule has 0 radical (unpaired) electrons. The van der Waals surface area contributed by atoms with Crippen molar-refractivity contribution in [1.29, 1.82) is 0 Å². The van der Waals surface area contributed by atoms with Crippen molar-refractivity contribution in [3.63, 3.8) is 0 Å². The van der Waals surface area contributed by atoms with Crippen molar-refractivity contribution >= 4 is 35.8 Å². The van der Waals surface area contributed by atoms with Crippen LogP contribution < -0.4 is 0 Å². The van der Waals surface area contributed by atoms with Gasteiger partial charge in [-0.15, -0.1) is 0 Å². The van der Waals surface area contributed by atoms with Crippen molar-refractivity contribution in [3.05, 3.63) is 0 Å². The Kier molecular flexibility index (Phi) is 41.7. The second-order valence-electron chi connectivity index (χ2n) is 38.8. The molecule has 14 unspecified atom stereocenters. The summed E-state index contributed by atoms with van der Waals surface area (Å²) in [6, 6.07) is 0. The predicted molar refractivity (Wildman–Crippen MR) is 445 cm³/mol. The van der Waals surface area contributed by atoms with E-state index in [9.17, 15) is 28.8 Å². The Balaban J connectivity index is 0.000000294. The van der Waals surface area contributed by atoms with E-state index in [4.69, 9.17) is 85.3 Å². The summed E-state index contributed by atoms with van der Waals surface area (Å²) in [4.78, 5) is 71.4. The average molecular weight is 1660 g/mol. The normalized spacial score (nSPS) is 30.4. The Morgan fingerprint density at radius 1 is 0.353 bits per heavy atom. The zero-order valence-electron chi connectivity index (χ0n) is 78.2. The lowest BCUT2D eigenvalue weighted by molar-refractivity contribution is -0.207. The topological polar surface area (TPSA) is 269 Å². The lowest BCUT2D eigenvalue weighted by Gasteiger charge is -2.35. The molecule has 116 heavy (non-hydrogen) atoms. The highest BCUT2D eigenvalue weighted by atomic mass is 16.8. The molecule has 0 spiro atoms. The second-order valence-corrected chi connectivity index (χ2v) is 38.8. The minimum atomic E-state index is -0.558. The monoisotopic (exact) mass is 1660 g/mol. The number of hydrogen-bond acceptors (Lipinski definition) is 24. The summed E-state index contributed by atoms with van der Waals surface area (Å²) in [5, 5.41) is 0. The molecule has 0 N–H and O–H groups in total. The van der Waals surface area contributed by atoms with Gasteiger partial charge in [-0.1, -0.05) is 122 Å². The Bertz CT molecular complexity index is 2910. The number of carbonyl (C=O) groups excluding carboxylic acids is 6. The highest BCUT2D eigenvalue weighted by molar-refractivity contribution is 5.78. The third kappa shape index (κ3) is 31.6. The van der Waals surface area contributed by atoms with Gasteiger partial charge in [0.2, 0.25) is 0 Å². The van der Waals surface area contributed by atoms with Crippen molar-refractivity contribution in [2.75, 3.05) is 79.3 Å². The fraction of sp³-hybridized carbons (Fsp3) is 0.935. The highest BCUT2D eigenvalue weighted by Gasteiger charge is 2.54. The molecule has 24 heteroatoms. The predicted octanol–water partition coefficient (Wildman–Crippen LogP) is 19.0. The molecule has 0 aromatic carbocycles. The summed E-state index contributed by atoms with van der Waals surface area (Å²) in [5.41, 5.74) is -2.55. The van der Waals surface area contributed by atoms with Gasteiger partial charge in [-0.2, -0.15) is 0 Å². The maximum Gasteiger partial charge on any atom is 0.311 e. The molecule has 24 nitrogen and oxygen atoms in total. The average Bonchev–Trinajstić information content (AvgIpc) is 1.61. The fourth-order valence-electron chi connectivity index (χ4n) is 14.4. The summed E-state index contributed by atoms with van der Waals surface area (Å²) in [5.74, 6) is -1.11. The van der Waals surface area contributed by atoms with E-state index in [1.165, 1.54) is 70.6 Å². The molecule has 6 saturated heterocycles. The molecule has 3 aliphatic carbocycles. The molecule has 6 aliphatic heterocycles. The summed E-state index contributed by atoms with van der Waals surface area (Å²) >= 11 is 0. The number of fused-ring (bicyclic) bond motifs is 2. The van der Waals surface area contributed by atoms with Crippen molar-refractivity contribution in [2.45, 2.75) is 413 Å². The van der Waals surface area contributed by atoms with Crippen LogP contribution in [0, 0.1) is 62.1 Å². The first-order valence-electron chi connectivity index (χ1n) is 44.9. The summed E-state index contributed by atoms with van der Waals surface area (Å²) in [6.45, 7) is 61.7. The fourth-order valence-corrected chi connectivity index (χ4v) is 14.4. The quantitative estimate of drug-likeness (QED) is 0.0329. The first kappa shape index (κ1) is 105. The van der Waals surface area contributed by atoms with E-state index in [-0.39, 0.29) is 105 Å². The molecule has 0 aromatic rings. The van der Waals surface area contributed by atoms with Gasteiger partial charge < -0.3 is 85.3 Å². The van der Waals surface area contributed by atoms with E-state index in [1.807, 2.05) is 173 Å².